The summed E-state index contributed by atoms with van der Waals surface area (Å²) < 4.78 is 6.41. The van der Waals surface area contributed by atoms with Gasteiger partial charge in [-0.1, -0.05) is 13.0 Å². The summed E-state index contributed by atoms with van der Waals surface area (Å²) in [4.78, 5) is 13.8. The number of ether oxygens (including phenoxy) is 1. The Morgan fingerprint density at radius 2 is 2.21 bits per heavy atom. The topological polar surface area (TPSA) is 29.5 Å². The third kappa shape index (κ3) is 2.84. The van der Waals surface area contributed by atoms with Gasteiger partial charge in [-0.2, -0.15) is 0 Å². The quantitative estimate of drug-likeness (QED) is 0.849. The molecule has 1 unspecified atom stereocenters. The van der Waals surface area contributed by atoms with E-state index in [1.165, 1.54) is 0 Å². The zero-order chi connectivity index (χ0) is 14.0. The van der Waals surface area contributed by atoms with Gasteiger partial charge in [0.25, 0.3) is 0 Å². The third-order valence-electron chi connectivity index (χ3n) is 3.31. The van der Waals surface area contributed by atoms with Gasteiger partial charge in [0.2, 0.25) is 5.91 Å². The van der Waals surface area contributed by atoms with Crippen molar-refractivity contribution in [1.29, 1.82) is 0 Å². The van der Waals surface area contributed by atoms with Crippen LogP contribution >= 0.6 is 15.9 Å². The van der Waals surface area contributed by atoms with Crippen LogP contribution in [0.25, 0.3) is 5.70 Å². The number of amides is 1. The number of hydrogen-bond donors (Lipinski definition) is 0. The molecule has 1 aromatic carbocycles. The van der Waals surface area contributed by atoms with Crippen molar-refractivity contribution in [1.82, 2.24) is 4.90 Å². The normalized spacial score (nSPS) is 19.4. The smallest absolute Gasteiger partial charge is 0.229 e. The molecule has 0 aliphatic carbocycles. The molecule has 1 aliphatic heterocycles. The molecule has 1 atom stereocenters. The van der Waals surface area contributed by atoms with E-state index in [9.17, 15) is 4.79 Å². The lowest BCUT2D eigenvalue weighted by molar-refractivity contribution is -0.131. The van der Waals surface area contributed by atoms with Gasteiger partial charge in [0.1, 0.15) is 5.75 Å². The fourth-order valence-electron chi connectivity index (χ4n) is 2.23. The van der Waals surface area contributed by atoms with Crippen molar-refractivity contribution in [3.63, 3.8) is 0 Å². The molecule has 0 radical (unpaired) electrons. The van der Waals surface area contributed by atoms with Crippen molar-refractivity contribution >= 4 is 27.5 Å². The lowest BCUT2D eigenvalue weighted by Gasteiger charge is -2.29. The number of hydrogen-bond acceptors (Lipinski definition) is 2. The molecule has 1 amide bonds. The van der Waals surface area contributed by atoms with Crippen molar-refractivity contribution in [3.05, 3.63) is 34.3 Å². The predicted molar refractivity (Wildman–Crippen MR) is 79.8 cm³/mol. The Hall–Kier alpha value is -1.29. The minimum atomic E-state index is 0.0650. The van der Waals surface area contributed by atoms with E-state index < -0.39 is 0 Å². The molecular weight excluding hydrogens is 306 g/mol. The maximum Gasteiger partial charge on any atom is 0.229 e. The Labute approximate surface area is 122 Å². The summed E-state index contributed by atoms with van der Waals surface area (Å²) in [6.07, 6.45) is 2.91. The summed E-state index contributed by atoms with van der Waals surface area (Å²) in [6.45, 7) is 4.56. The van der Waals surface area contributed by atoms with Crippen LogP contribution in [-0.2, 0) is 4.79 Å². The van der Waals surface area contributed by atoms with Crippen LogP contribution in [0.5, 0.6) is 5.75 Å². The van der Waals surface area contributed by atoms with E-state index in [0.29, 0.717) is 6.61 Å². The molecule has 0 spiro atoms. The Balaban J connectivity index is 2.34. The Kier molecular flexibility index (Phi) is 4.30. The highest BCUT2D eigenvalue weighted by Gasteiger charge is 2.26. The van der Waals surface area contributed by atoms with E-state index in [2.05, 4.69) is 22.0 Å². The molecule has 0 aromatic heterocycles. The van der Waals surface area contributed by atoms with Crippen molar-refractivity contribution in [2.45, 2.75) is 20.3 Å². The summed E-state index contributed by atoms with van der Waals surface area (Å²) in [6, 6.07) is 5.86. The number of allylic oxidation sites excluding steroid dienone is 1. The Morgan fingerprint density at radius 1 is 1.47 bits per heavy atom. The third-order valence-corrected chi connectivity index (χ3v) is 3.96. The summed E-state index contributed by atoms with van der Waals surface area (Å²) >= 11 is 3.56. The maximum atomic E-state index is 12.0. The lowest BCUT2D eigenvalue weighted by Crippen LogP contribution is -2.33. The molecule has 19 heavy (non-hydrogen) atoms. The zero-order valence-electron chi connectivity index (χ0n) is 11.4. The minimum absolute atomic E-state index is 0.0650. The van der Waals surface area contributed by atoms with Gasteiger partial charge in [-0.05, 0) is 47.5 Å². The molecule has 0 N–H and O–H groups in total. The van der Waals surface area contributed by atoms with E-state index in [0.717, 1.165) is 27.9 Å². The second kappa shape index (κ2) is 5.78. The lowest BCUT2D eigenvalue weighted by atomic mass is 9.98. The van der Waals surface area contributed by atoms with Crippen molar-refractivity contribution in [3.8, 4) is 5.75 Å². The van der Waals surface area contributed by atoms with Gasteiger partial charge in [0.15, 0.2) is 0 Å². The summed E-state index contributed by atoms with van der Waals surface area (Å²) in [5.41, 5.74) is 1.98. The van der Waals surface area contributed by atoms with Gasteiger partial charge >= 0.3 is 0 Å². The average molecular weight is 324 g/mol. The molecule has 0 saturated heterocycles. The van der Waals surface area contributed by atoms with Crippen LogP contribution in [0.15, 0.2) is 28.7 Å². The number of rotatable bonds is 3. The molecular formula is C15H18BrNO2. The van der Waals surface area contributed by atoms with Gasteiger partial charge in [-0.15, -0.1) is 0 Å². The SMILES string of the molecule is CCOc1ccc(C2=CCC(C)C(=O)N2C)c(Br)c1. The average Bonchev–Trinajstić information content (AvgIpc) is 2.38. The van der Waals surface area contributed by atoms with Crippen LogP contribution in [0.3, 0.4) is 0 Å². The molecule has 0 saturated carbocycles. The van der Waals surface area contributed by atoms with E-state index >= 15 is 0 Å². The monoisotopic (exact) mass is 323 g/mol. The number of benzene rings is 1. The molecule has 3 nitrogen and oxygen atoms in total. The Morgan fingerprint density at radius 3 is 2.84 bits per heavy atom. The summed E-state index contributed by atoms with van der Waals surface area (Å²) in [5.74, 6) is 1.06. The maximum absolute atomic E-state index is 12.0. The highest BCUT2D eigenvalue weighted by atomic mass is 79.9. The molecule has 1 aromatic rings. The molecule has 4 heteroatoms. The van der Waals surface area contributed by atoms with Gasteiger partial charge in [0.05, 0.1) is 6.61 Å². The number of nitrogens with zero attached hydrogens (tertiary/aromatic N) is 1. The van der Waals surface area contributed by atoms with E-state index in [1.54, 1.807) is 4.90 Å². The van der Waals surface area contributed by atoms with E-state index in [1.807, 2.05) is 39.1 Å². The number of carbonyl (C=O) groups excluding carboxylic acids is 1. The van der Waals surface area contributed by atoms with Gasteiger partial charge < -0.3 is 9.64 Å². The highest BCUT2D eigenvalue weighted by Crippen LogP contribution is 2.33. The molecule has 1 aliphatic rings. The summed E-state index contributed by atoms with van der Waals surface area (Å²) in [5, 5.41) is 0. The van der Waals surface area contributed by atoms with Crippen molar-refractivity contribution in [2.75, 3.05) is 13.7 Å². The molecule has 0 fully saturated rings. The summed E-state index contributed by atoms with van der Waals surface area (Å²) in [7, 11) is 1.83. The molecule has 0 bridgehead atoms. The fraction of sp³-hybridized carbons (Fsp3) is 0.400. The van der Waals surface area contributed by atoms with Crippen LogP contribution in [-0.4, -0.2) is 24.5 Å². The second-order valence-corrected chi connectivity index (χ2v) is 5.55. The number of halogens is 1. The van der Waals surface area contributed by atoms with Crippen molar-refractivity contribution in [2.24, 2.45) is 5.92 Å². The van der Waals surface area contributed by atoms with Crippen molar-refractivity contribution < 1.29 is 9.53 Å². The van der Waals surface area contributed by atoms with Crippen LogP contribution in [0.2, 0.25) is 0 Å². The Bertz CT molecular complexity index is 525. The first-order valence-electron chi connectivity index (χ1n) is 6.45. The second-order valence-electron chi connectivity index (χ2n) is 4.70. The number of carbonyl (C=O) groups is 1. The standard InChI is InChI=1S/C15H18BrNO2/c1-4-19-11-6-7-12(13(16)9-11)14-8-5-10(2)15(18)17(14)3/h6-10H,4-5H2,1-3H3. The predicted octanol–water partition coefficient (Wildman–Crippen LogP) is 3.69. The largest absolute Gasteiger partial charge is 0.494 e. The first kappa shape index (κ1) is 14.1. The van der Waals surface area contributed by atoms with Crippen LogP contribution in [0.1, 0.15) is 25.8 Å². The van der Waals surface area contributed by atoms with Crippen LogP contribution < -0.4 is 4.74 Å². The van der Waals surface area contributed by atoms with E-state index in [4.69, 9.17) is 4.74 Å². The first-order chi connectivity index (χ1) is 9.04. The minimum Gasteiger partial charge on any atom is -0.494 e. The highest BCUT2D eigenvalue weighted by molar-refractivity contribution is 9.10. The van der Waals surface area contributed by atoms with E-state index in [-0.39, 0.29) is 11.8 Å². The van der Waals surface area contributed by atoms with Crippen LogP contribution in [0, 0.1) is 5.92 Å². The molecule has 1 heterocycles. The van der Waals surface area contributed by atoms with Gasteiger partial charge in [0, 0.05) is 28.7 Å². The van der Waals surface area contributed by atoms with Gasteiger partial charge in [-0.25, -0.2) is 0 Å². The first-order valence-corrected chi connectivity index (χ1v) is 7.24. The van der Waals surface area contributed by atoms with Gasteiger partial charge in [-0.3, -0.25) is 4.79 Å². The molecule has 2 rings (SSSR count). The fourth-order valence-corrected chi connectivity index (χ4v) is 2.79. The zero-order valence-corrected chi connectivity index (χ0v) is 13.0. The van der Waals surface area contributed by atoms with Crippen LogP contribution in [0.4, 0.5) is 0 Å². The molecule has 102 valence electrons.